The number of benzene rings is 1. The van der Waals surface area contributed by atoms with Crippen molar-refractivity contribution in [3.05, 3.63) is 28.8 Å². The second-order valence-electron chi connectivity index (χ2n) is 6.08. The van der Waals surface area contributed by atoms with E-state index in [0.717, 1.165) is 16.7 Å². The number of ether oxygens (including phenoxy) is 1. The Morgan fingerprint density at radius 3 is 2.10 bits per heavy atom. The van der Waals surface area contributed by atoms with Crippen LogP contribution in [0.15, 0.2) is 12.1 Å². The molecule has 0 saturated heterocycles. The molecule has 0 heterocycles. The molecular formula is C17H26O3. The van der Waals surface area contributed by atoms with Crippen LogP contribution in [-0.2, 0) is 9.53 Å². The summed E-state index contributed by atoms with van der Waals surface area (Å²) in [4.78, 5) is 12.1. The van der Waals surface area contributed by atoms with Gasteiger partial charge in [-0.05, 0) is 49.3 Å². The predicted molar refractivity (Wildman–Crippen MR) is 81.0 cm³/mol. The van der Waals surface area contributed by atoms with Gasteiger partial charge in [0, 0.05) is 0 Å². The smallest absolute Gasteiger partial charge is 0.313 e. The van der Waals surface area contributed by atoms with Gasteiger partial charge in [-0.3, -0.25) is 4.79 Å². The Morgan fingerprint density at radius 1 is 1.15 bits per heavy atom. The molecule has 0 radical (unpaired) electrons. The molecule has 1 aromatic carbocycles. The molecule has 2 unspecified atom stereocenters. The van der Waals surface area contributed by atoms with Crippen molar-refractivity contribution >= 4 is 5.97 Å². The van der Waals surface area contributed by atoms with Gasteiger partial charge in [0.15, 0.2) is 0 Å². The van der Waals surface area contributed by atoms with Crippen molar-refractivity contribution in [2.24, 2.45) is 11.8 Å². The fourth-order valence-electron chi connectivity index (χ4n) is 1.91. The molecule has 3 nitrogen and oxygen atoms in total. The quantitative estimate of drug-likeness (QED) is 0.830. The van der Waals surface area contributed by atoms with E-state index in [1.165, 1.54) is 0 Å². The van der Waals surface area contributed by atoms with E-state index >= 15 is 0 Å². The van der Waals surface area contributed by atoms with Crippen LogP contribution in [0.4, 0.5) is 0 Å². The average Bonchev–Trinajstić information content (AvgIpc) is 2.39. The summed E-state index contributed by atoms with van der Waals surface area (Å²) in [6, 6.07) is 3.69. The fourth-order valence-corrected chi connectivity index (χ4v) is 1.91. The summed E-state index contributed by atoms with van der Waals surface area (Å²) in [5.41, 5.74) is 2.46. The zero-order chi connectivity index (χ0) is 15.4. The summed E-state index contributed by atoms with van der Waals surface area (Å²) in [5, 5.41) is 9.77. The van der Waals surface area contributed by atoms with Crippen molar-refractivity contribution in [3.63, 3.8) is 0 Å². The number of hydrogen-bond donors (Lipinski definition) is 1. The number of phenolic OH excluding ortho intramolecular Hbond substituents is 1. The number of phenols is 1. The maximum Gasteiger partial charge on any atom is 0.313 e. The zero-order valence-electron chi connectivity index (χ0n) is 13.4. The molecule has 0 aromatic heterocycles. The molecule has 0 fully saturated rings. The Labute approximate surface area is 122 Å². The lowest BCUT2D eigenvalue weighted by Crippen LogP contribution is -2.19. The molecule has 0 bridgehead atoms. The van der Waals surface area contributed by atoms with Crippen molar-refractivity contribution < 1.29 is 14.6 Å². The van der Waals surface area contributed by atoms with Crippen LogP contribution in [0.5, 0.6) is 5.75 Å². The molecule has 0 amide bonds. The molecule has 20 heavy (non-hydrogen) atoms. The molecule has 0 aliphatic carbocycles. The Kier molecular flexibility index (Phi) is 5.61. The topological polar surface area (TPSA) is 46.5 Å². The summed E-state index contributed by atoms with van der Waals surface area (Å²) >= 11 is 0. The fraction of sp³-hybridized carbons (Fsp3) is 0.588. The third-order valence-electron chi connectivity index (χ3n) is 3.99. The van der Waals surface area contributed by atoms with E-state index in [4.69, 9.17) is 4.74 Å². The standard InChI is InChI=1S/C17H26O3/c1-10(2)13(5)9-20-17(19)14(6)15-7-11(3)16(18)12(4)8-15/h7-8,10,13-14,18H,9H2,1-6H3. The second kappa shape index (κ2) is 6.78. The lowest BCUT2D eigenvalue weighted by Gasteiger charge is -2.18. The van der Waals surface area contributed by atoms with Crippen LogP contribution in [0.1, 0.15) is 50.3 Å². The maximum absolute atomic E-state index is 12.1. The normalized spacial score (nSPS) is 14.2. The summed E-state index contributed by atoms with van der Waals surface area (Å²) in [6.07, 6.45) is 0. The first-order valence-corrected chi connectivity index (χ1v) is 7.20. The van der Waals surface area contributed by atoms with E-state index in [1.54, 1.807) is 0 Å². The van der Waals surface area contributed by atoms with Gasteiger partial charge in [0.2, 0.25) is 0 Å². The van der Waals surface area contributed by atoms with Crippen LogP contribution >= 0.6 is 0 Å². The van der Waals surface area contributed by atoms with Gasteiger partial charge in [0.1, 0.15) is 5.75 Å². The first-order valence-electron chi connectivity index (χ1n) is 7.20. The Bertz CT molecular complexity index is 454. The van der Waals surface area contributed by atoms with Crippen LogP contribution in [0, 0.1) is 25.7 Å². The molecule has 1 rings (SSSR count). The number of aryl methyl sites for hydroxylation is 2. The minimum absolute atomic E-state index is 0.206. The minimum atomic E-state index is -0.313. The lowest BCUT2D eigenvalue weighted by atomic mass is 9.96. The van der Waals surface area contributed by atoms with Gasteiger partial charge in [0.25, 0.3) is 0 Å². The molecule has 0 spiro atoms. The van der Waals surface area contributed by atoms with Gasteiger partial charge < -0.3 is 9.84 Å². The van der Waals surface area contributed by atoms with Crippen LogP contribution in [0.2, 0.25) is 0 Å². The predicted octanol–water partition coefficient (Wildman–Crippen LogP) is 3.95. The number of aromatic hydroxyl groups is 1. The molecule has 0 aliphatic heterocycles. The lowest BCUT2D eigenvalue weighted by molar-refractivity contribution is -0.146. The highest BCUT2D eigenvalue weighted by atomic mass is 16.5. The first kappa shape index (κ1) is 16.5. The Balaban J connectivity index is 2.75. The zero-order valence-corrected chi connectivity index (χ0v) is 13.4. The number of rotatable bonds is 5. The second-order valence-corrected chi connectivity index (χ2v) is 6.08. The van der Waals surface area contributed by atoms with E-state index in [0.29, 0.717) is 24.2 Å². The van der Waals surface area contributed by atoms with Gasteiger partial charge >= 0.3 is 5.97 Å². The van der Waals surface area contributed by atoms with Gasteiger partial charge in [0.05, 0.1) is 12.5 Å². The third-order valence-corrected chi connectivity index (χ3v) is 3.99. The largest absolute Gasteiger partial charge is 0.507 e. The van der Waals surface area contributed by atoms with Gasteiger partial charge in [-0.1, -0.05) is 32.9 Å². The van der Waals surface area contributed by atoms with Gasteiger partial charge in [-0.25, -0.2) is 0 Å². The van der Waals surface area contributed by atoms with Crippen molar-refractivity contribution in [3.8, 4) is 5.75 Å². The van der Waals surface area contributed by atoms with Crippen molar-refractivity contribution in [2.75, 3.05) is 6.61 Å². The number of esters is 1. The first-order chi connectivity index (χ1) is 9.23. The monoisotopic (exact) mass is 278 g/mol. The van der Waals surface area contributed by atoms with Gasteiger partial charge in [-0.2, -0.15) is 0 Å². The van der Waals surface area contributed by atoms with E-state index in [-0.39, 0.29) is 11.9 Å². The molecule has 112 valence electrons. The minimum Gasteiger partial charge on any atom is -0.507 e. The highest BCUT2D eigenvalue weighted by Gasteiger charge is 2.20. The van der Waals surface area contributed by atoms with Crippen LogP contribution in [0.25, 0.3) is 0 Å². The Morgan fingerprint density at radius 2 is 1.65 bits per heavy atom. The molecule has 0 saturated carbocycles. The molecule has 2 atom stereocenters. The number of carbonyl (C=O) groups is 1. The van der Waals surface area contributed by atoms with Crippen molar-refractivity contribution in [2.45, 2.75) is 47.5 Å². The molecule has 1 N–H and O–H groups in total. The SMILES string of the molecule is Cc1cc(C(C)C(=O)OCC(C)C(C)C)cc(C)c1O. The summed E-state index contributed by atoms with van der Waals surface area (Å²) in [7, 11) is 0. The maximum atomic E-state index is 12.1. The van der Waals surface area contributed by atoms with Gasteiger partial charge in [-0.15, -0.1) is 0 Å². The summed E-state index contributed by atoms with van der Waals surface area (Å²) < 4.78 is 5.39. The third kappa shape index (κ3) is 3.99. The molecule has 3 heteroatoms. The van der Waals surface area contributed by atoms with Crippen molar-refractivity contribution in [1.29, 1.82) is 0 Å². The number of hydrogen-bond acceptors (Lipinski definition) is 3. The highest BCUT2D eigenvalue weighted by Crippen LogP contribution is 2.27. The summed E-state index contributed by atoms with van der Waals surface area (Å²) in [6.45, 7) is 12.3. The van der Waals surface area contributed by atoms with E-state index < -0.39 is 0 Å². The van der Waals surface area contributed by atoms with Crippen molar-refractivity contribution in [1.82, 2.24) is 0 Å². The van der Waals surface area contributed by atoms with E-state index in [2.05, 4.69) is 20.8 Å². The van der Waals surface area contributed by atoms with E-state index in [9.17, 15) is 9.90 Å². The van der Waals surface area contributed by atoms with Crippen LogP contribution in [-0.4, -0.2) is 17.7 Å². The molecule has 1 aromatic rings. The average molecular weight is 278 g/mol. The van der Waals surface area contributed by atoms with Crippen LogP contribution < -0.4 is 0 Å². The van der Waals surface area contributed by atoms with E-state index in [1.807, 2.05) is 32.9 Å². The molecule has 0 aliphatic rings. The summed E-state index contributed by atoms with van der Waals surface area (Å²) in [5.74, 6) is 0.628. The highest BCUT2D eigenvalue weighted by molar-refractivity contribution is 5.78. The van der Waals surface area contributed by atoms with Crippen LogP contribution in [0.3, 0.4) is 0 Å². The molecular weight excluding hydrogens is 252 g/mol. The Hall–Kier alpha value is -1.51. The number of carbonyl (C=O) groups excluding carboxylic acids is 1.